The maximum atomic E-state index is 12.9. The van der Waals surface area contributed by atoms with E-state index in [2.05, 4.69) is 27.0 Å². The molecule has 6 nitrogen and oxygen atoms in total. The lowest BCUT2D eigenvalue weighted by atomic mass is 10.1. The molecule has 0 amide bonds. The number of hydrogen-bond donors (Lipinski definition) is 1. The molecular weight excluding hydrogens is 384 g/mol. The van der Waals surface area contributed by atoms with E-state index in [-0.39, 0.29) is 4.90 Å². The minimum Gasteiger partial charge on any atom is -0.207 e. The van der Waals surface area contributed by atoms with Gasteiger partial charge in [-0.2, -0.15) is 9.40 Å². The molecule has 144 valence electrons. The molecule has 0 aliphatic rings. The minimum absolute atomic E-state index is 0.192. The number of hydrogen-bond acceptors (Lipinski definition) is 4. The third kappa shape index (κ3) is 4.19. The fourth-order valence-electron chi connectivity index (χ4n) is 2.84. The molecule has 1 N–H and O–H groups in total. The van der Waals surface area contributed by atoms with Crippen LogP contribution in [-0.4, -0.2) is 23.4 Å². The molecule has 4 rings (SSSR count). The second kappa shape index (κ2) is 7.87. The van der Waals surface area contributed by atoms with E-state index in [1.165, 1.54) is 4.68 Å². The summed E-state index contributed by atoms with van der Waals surface area (Å²) in [5.41, 5.74) is 3.20. The predicted octanol–water partition coefficient (Wildman–Crippen LogP) is 3.27. The molecule has 1 atom stereocenters. The number of fused-ring (bicyclic) bond motifs is 1. The first-order valence-corrected chi connectivity index (χ1v) is 10.5. The van der Waals surface area contributed by atoms with Crippen LogP contribution in [0.15, 0.2) is 83.8 Å². The average molecular weight is 402 g/mol. The van der Waals surface area contributed by atoms with Crippen molar-refractivity contribution < 1.29 is 8.42 Å². The van der Waals surface area contributed by atoms with Crippen LogP contribution in [0.25, 0.3) is 11.0 Å². The highest BCUT2D eigenvalue weighted by atomic mass is 32.2. The lowest BCUT2D eigenvalue weighted by Gasteiger charge is -2.14. The lowest BCUT2D eigenvalue weighted by Crippen LogP contribution is -2.28. The highest BCUT2D eigenvalue weighted by molar-refractivity contribution is 7.89. The Balaban J connectivity index is 1.71. The highest BCUT2D eigenvalue weighted by Crippen LogP contribution is 2.17. The van der Waals surface area contributed by atoms with Gasteiger partial charge in [-0.1, -0.05) is 71.3 Å². The number of rotatable bonds is 4. The topological polar surface area (TPSA) is 76.9 Å². The highest BCUT2D eigenvalue weighted by Gasteiger charge is 2.20. The van der Waals surface area contributed by atoms with E-state index in [1.807, 2.05) is 61.5 Å². The van der Waals surface area contributed by atoms with Crippen molar-refractivity contribution in [3.8, 4) is 12.0 Å². The second-order valence-corrected chi connectivity index (χ2v) is 8.24. The summed E-state index contributed by atoms with van der Waals surface area (Å²) in [6, 6.07) is 25.5. The Labute approximate surface area is 169 Å². The molecule has 1 aromatic heterocycles. The minimum atomic E-state index is -3.76. The largest absolute Gasteiger partial charge is 0.241 e. The van der Waals surface area contributed by atoms with Crippen molar-refractivity contribution in [1.29, 1.82) is 0 Å². The number of aromatic nitrogens is 3. The van der Waals surface area contributed by atoms with E-state index in [0.29, 0.717) is 0 Å². The third-order valence-electron chi connectivity index (χ3n) is 4.40. The van der Waals surface area contributed by atoms with Gasteiger partial charge in [-0.05, 0) is 36.8 Å². The van der Waals surface area contributed by atoms with Crippen LogP contribution in [0, 0.1) is 18.9 Å². The smallest absolute Gasteiger partial charge is 0.207 e. The first kappa shape index (κ1) is 18.9. The van der Waals surface area contributed by atoms with Crippen LogP contribution in [-0.2, 0) is 10.0 Å². The zero-order chi connectivity index (χ0) is 20.3. The summed E-state index contributed by atoms with van der Waals surface area (Å²) in [7, 11) is -3.76. The van der Waals surface area contributed by atoms with Crippen LogP contribution >= 0.6 is 0 Å². The Bertz CT molecular complexity index is 1300. The van der Waals surface area contributed by atoms with Gasteiger partial charge in [-0.25, -0.2) is 8.42 Å². The van der Waals surface area contributed by atoms with Gasteiger partial charge in [0.05, 0.1) is 4.90 Å². The fraction of sp³-hybridized carbons (Fsp3) is 0.0909. The van der Waals surface area contributed by atoms with E-state index >= 15 is 0 Å². The summed E-state index contributed by atoms with van der Waals surface area (Å²) >= 11 is 0. The summed E-state index contributed by atoms with van der Waals surface area (Å²) < 4.78 is 29.9. The first-order valence-electron chi connectivity index (χ1n) is 8.99. The summed E-state index contributed by atoms with van der Waals surface area (Å²) in [6.45, 7) is 1.91. The summed E-state index contributed by atoms with van der Waals surface area (Å²) in [5, 5.41) is 8.11. The second-order valence-electron chi connectivity index (χ2n) is 6.52. The summed E-state index contributed by atoms with van der Waals surface area (Å²) in [5.74, 6) is 2.99. The van der Waals surface area contributed by atoms with Crippen LogP contribution in [0.1, 0.15) is 17.2 Å². The van der Waals surface area contributed by atoms with E-state index in [1.54, 1.807) is 24.3 Å². The molecular formula is C22H18N4O2S. The van der Waals surface area contributed by atoms with Crippen molar-refractivity contribution in [3.05, 3.63) is 90.0 Å². The Hall–Kier alpha value is -3.47. The number of nitrogens with one attached hydrogen (secondary N) is 1. The van der Waals surface area contributed by atoms with Gasteiger partial charge in [0.1, 0.15) is 17.1 Å². The Kier molecular flexibility index (Phi) is 5.12. The molecule has 1 unspecified atom stereocenters. The normalized spacial score (nSPS) is 12.3. The molecule has 0 saturated heterocycles. The molecule has 4 aromatic rings. The molecule has 0 aliphatic heterocycles. The Morgan fingerprint density at radius 1 is 0.931 bits per heavy atom. The van der Waals surface area contributed by atoms with Gasteiger partial charge < -0.3 is 0 Å². The Morgan fingerprint density at radius 2 is 1.62 bits per heavy atom. The van der Waals surface area contributed by atoms with E-state index < -0.39 is 16.1 Å². The van der Waals surface area contributed by atoms with E-state index in [0.717, 1.165) is 22.2 Å². The number of nitrogens with zero attached hydrogens (tertiary/aromatic N) is 3. The van der Waals surface area contributed by atoms with Gasteiger partial charge in [-0.15, -0.1) is 5.10 Å². The van der Waals surface area contributed by atoms with Gasteiger partial charge in [0, 0.05) is 6.04 Å². The van der Waals surface area contributed by atoms with Gasteiger partial charge in [0.25, 0.3) is 0 Å². The molecule has 0 radical (unpaired) electrons. The van der Waals surface area contributed by atoms with Crippen LogP contribution < -0.4 is 4.72 Å². The molecule has 3 aromatic carbocycles. The molecule has 29 heavy (non-hydrogen) atoms. The van der Waals surface area contributed by atoms with Crippen molar-refractivity contribution in [3.63, 3.8) is 0 Å². The standard InChI is InChI=1S/C22H18N4O2S/c1-17-11-13-19(14-12-17)29(27,28)24-20(18-7-3-2-4-8-18)15-16-26-22-10-6-5-9-21(22)23-25-26/h2-14,20,24H,1H3. The van der Waals surface area contributed by atoms with Crippen LogP contribution in [0.4, 0.5) is 0 Å². The molecule has 0 fully saturated rings. The molecule has 0 saturated carbocycles. The molecule has 0 bridgehead atoms. The first-order chi connectivity index (χ1) is 14.0. The monoisotopic (exact) mass is 402 g/mol. The average Bonchev–Trinajstić information content (AvgIpc) is 3.15. The van der Waals surface area contributed by atoms with Crippen molar-refractivity contribution in [2.24, 2.45) is 0 Å². The van der Waals surface area contributed by atoms with Gasteiger partial charge in [-0.3, -0.25) is 0 Å². The number of benzene rings is 3. The van der Waals surface area contributed by atoms with Crippen LogP contribution in [0.3, 0.4) is 0 Å². The fourth-order valence-corrected chi connectivity index (χ4v) is 3.98. The number of aryl methyl sites for hydroxylation is 1. The van der Waals surface area contributed by atoms with Crippen molar-refractivity contribution in [2.75, 3.05) is 0 Å². The number of sulfonamides is 1. The predicted molar refractivity (Wildman–Crippen MR) is 111 cm³/mol. The van der Waals surface area contributed by atoms with Crippen molar-refractivity contribution in [1.82, 2.24) is 19.7 Å². The zero-order valence-electron chi connectivity index (χ0n) is 15.6. The lowest BCUT2D eigenvalue weighted by molar-refractivity contribution is 0.576. The van der Waals surface area contributed by atoms with E-state index in [4.69, 9.17) is 0 Å². The van der Waals surface area contributed by atoms with Gasteiger partial charge in [0.15, 0.2) is 0 Å². The SMILES string of the molecule is Cc1ccc(S(=O)(=O)NC(C#Cn2nnc3ccccc32)c2ccccc2)cc1. The van der Waals surface area contributed by atoms with Crippen LogP contribution in [0.5, 0.6) is 0 Å². The molecule has 7 heteroatoms. The van der Waals surface area contributed by atoms with Crippen molar-refractivity contribution >= 4 is 21.1 Å². The molecule has 0 aliphatic carbocycles. The maximum absolute atomic E-state index is 12.9. The third-order valence-corrected chi connectivity index (χ3v) is 5.84. The summed E-state index contributed by atoms with van der Waals surface area (Å²) in [6.07, 6.45) is 0. The van der Waals surface area contributed by atoms with Crippen LogP contribution in [0.2, 0.25) is 0 Å². The van der Waals surface area contributed by atoms with E-state index in [9.17, 15) is 8.42 Å². The molecule has 1 heterocycles. The zero-order valence-corrected chi connectivity index (χ0v) is 16.5. The molecule has 0 spiro atoms. The van der Waals surface area contributed by atoms with Gasteiger partial charge >= 0.3 is 0 Å². The number of para-hydroxylation sites is 1. The van der Waals surface area contributed by atoms with Crippen molar-refractivity contribution in [2.45, 2.75) is 17.9 Å². The quantitative estimate of drug-likeness (QED) is 0.532. The summed E-state index contributed by atoms with van der Waals surface area (Å²) in [4.78, 5) is 0.192. The Morgan fingerprint density at radius 3 is 2.38 bits per heavy atom. The van der Waals surface area contributed by atoms with Gasteiger partial charge in [0.2, 0.25) is 10.0 Å². The maximum Gasteiger partial charge on any atom is 0.241 e.